The van der Waals surface area contributed by atoms with Crippen molar-refractivity contribution in [2.45, 2.75) is 39.4 Å². The average Bonchev–Trinajstić information content (AvgIpc) is 3.07. The molecule has 3 aromatic rings. The summed E-state index contributed by atoms with van der Waals surface area (Å²) in [5.74, 6) is 1.02. The zero-order valence-electron chi connectivity index (χ0n) is 16.4. The number of aromatic nitrogens is 3. The van der Waals surface area contributed by atoms with E-state index in [-0.39, 0.29) is 11.7 Å². The van der Waals surface area contributed by atoms with Gasteiger partial charge in [0.15, 0.2) is 11.0 Å². The smallest absolute Gasteiger partial charge is 0.234 e. The lowest BCUT2D eigenvalue weighted by Crippen LogP contribution is -2.15. The van der Waals surface area contributed by atoms with Crippen LogP contribution in [0.25, 0.3) is 11.4 Å². The second-order valence-corrected chi connectivity index (χ2v) is 8.47. The Kier molecular flexibility index (Phi) is 6.57. The van der Waals surface area contributed by atoms with Crippen molar-refractivity contribution in [2.75, 3.05) is 11.1 Å². The molecule has 3 rings (SSSR count). The van der Waals surface area contributed by atoms with E-state index in [0.29, 0.717) is 0 Å². The van der Waals surface area contributed by atoms with Gasteiger partial charge in [-0.3, -0.25) is 4.79 Å². The zero-order chi connectivity index (χ0) is 20.3. The zero-order valence-corrected chi connectivity index (χ0v) is 18.8. The van der Waals surface area contributed by atoms with Crippen molar-refractivity contribution in [3.8, 4) is 11.4 Å². The van der Waals surface area contributed by atoms with Crippen molar-refractivity contribution in [1.29, 1.82) is 0 Å². The van der Waals surface area contributed by atoms with Gasteiger partial charge < -0.3 is 9.88 Å². The van der Waals surface area contributed by atoms with Gasteiger partial charge in [-0.15, -0.1) is 10.2 Å². The van der Waals surface area contributed by atoms with Gasteiger partial charge in [-0.25, -0.2) is 0 Å². The summed E-state index contributed by atoms with van der Waals surface area (Å²) < 4.78 is 2.92. The standard InChI is InChI=1S/C21H23BrN4OS/c1-5-26-20(16-8-6-7-13(2)9-16)24-25-21(26)28-12-19(27)23-18-11-15(4)14(3)10-17(18)22/h6-11H,5,12H2,1-4H3,(H,23,27). The van der Waals surface area contributed by atoms with Crippen LogP contribution in [0.5, 0.6) is 0 Å². The molecule has 7 heteroatoms. The molecule has 0 bridgehead atoms. The number of hydrogen-bond acceptors (Lipinski definition) is 4. The number of anilines is 1. The third-order valence-electron chi connectivity index (χ3n) is 4.50. The molecule has 2 aromatic carbocycles. The van der Waals surface area contributed by atoms with Crippen LogP contribution in [0.4, 0.5) is 5.69 Å². The van der Waals surface area contributed by atoms with E-state index in [2.05, 4.69) is 57.4 Å². The number of thioether (sulfide) groups is 1. The molecule has 0 aliphatic carbocycles. The second-order valence-electron chi connectivity index (χ2n) is 6.67. The van der Waals surface area contributed by atoms with Crippen LogP contribution in [-0.2, 0) is 11.3 Å². The third kappa shape index (κ3) is 4.64. The Bertz CT molecular complexity index is 1020. The molecule has 1 aromatic heterocycles. The quantitative estimate of drug-likeness (QED) is 0.503. The van der Waals surface area contributed by atoms with Gasteiger partial charge >= 0.3 is 0 Å². The topological polar surface area (TPSA) is 59.8 Å². The molecule has 0 fully saturated rings. The Hall–Kier alpha value is -2.12. The first-order valence-corrected chi connectivity index (χ1v) is 10.9. The van der Waals surface area contributed by atoms with E-state index in [1.807, 2.05) is 42.7 Å². The molecule has 0 unspecified atom stereocenters. The number of carbonyl (C=O) groups excluding carboxylic acids is 1. The van der Waals surface area contributed by atoms with Crippen molar-refractivity contribution >= 4 is 39.3 Å². The van der Waals surface area contributed by atoms with Gasteiger partial charge in [-0.2, -0.15) is 0 Å². The van der Waals surface area contributed by atoms with Crippen LogP contribution in [-0.4, -0.2) is 26.4 Å². The van der Waals surface area contributed by atoms with Gasteiger partial charge in [0.1, 0.15) is 0 Å². The average molecular weight is 459 g/mol. The normalized spacial score (nSPS) is 10.9. The molecule has 0 saturated carbocycles. The number of nitrogens with zero attached hydrogens (tertiary/aromatic N) is 3. The Morgan fingerprint density at radius 1 is 1.14 bits per heavy atom. The number of nitrogens with one attached hydrogen (secondary N) is 1. The van der Waals surface area contributed by atoms with Crippen LogP contribution in [0.2, 0.25) is 0 Å². The van der Waals surface area contributed by atoms with Crippen molar-refractivity contribution in [1.82, 2.24) is 14.8 Å². The molecule has 1 amide bonds. The van der Waals surface area contributed by atoms with Crippen LogP contribution in [0.3, 0.4) is 0 Å². The van der Waals surface area contributed by atoms with Crippen LogP contribution in [0.1, 0.15) is 23.6 Å². The highest BCUT2D eigenvalue weighted by Crippen LogP contribution is 2.27. The minimum absolute atomic E-state index is 0.0725. The molecule has 1 heterocycles. The van der Waals surface area contributed by atoms with Gasteiger partial charge in [0.2, 0.25) is 5.91 Å². The van der Waals surface area contributed by atoms with Crippen LogP contribution >= 0.6 is 27.7 Å². The molecule has 28 heavy (non-hydrogen) atoms. The second kappa shape index (κ2) is 8.92. The first kappa shape index (κ1) is 20.6. The van der Waals surface area contributed by atoms with Gasteiger partial charge in [-0.05, 0) is 73.0 Å². The van der Waals surface area contributed by atoms with Gasteiger partial charge in [-0.1, -0.05) is 35.5 Å². The van der Waals surface area contributed by atoms with Crippen molar-refractivity contribution in [3.63, 3.8) is 0 Å². The molecule has 0 radical (unpaired) electrons. The number of hydrogen-bond donors (Lipinski definition) is 1. The van der Waals surface area contributed by atoms with Crippen LogP contribution in [0.15, 0.2) is 46.0 Å². The summed E-state index contributed by atoms with van der Waals surface area (Å²) in [4.78, 5) is 12.4. The number of benzene rings is 2. The minimum atomic E-state index is -0.0725. The highest BCUT2D eigenvalue weighted by atomic mass is 79.9. The maximum absolute atomic E-state index is 12.4. The van der Waals surface area contributed by atoms with Gasteiger partial charge in [0, 0.05) is 16.6 Å². The van der Waals surface area contributed by atoms with Crippen molar-refractivity contribution in [2.24, 2.45) is 0 Å². The Morgan fingerprint density at radius 3 is 2.61 bits per heavy atom. The molecule has 0 saturated heterocycles. The summed E-state index contributed by atoms with van der Waals surface area (Å²) in [6.45, 7) is 8.93. The fraction of sp³-hybridized carbons (Fsp3) is 0.286. The third-order valence-corrected chi connectivity index (χ3v) is 6.12. The Balaban J connectivity index is 1.71. The molecule has 5 nitrogen and oxygen atoms in total. The predicted octanol–water partition coefficient (Wildman–Crippen LogP) is 5.38. The van der Waals surface area contributed by atoms with E-state index in [9.17, 15) is 4.79 Å². The lowest BCUT2D eigenvalue weighted by molar-refractivity contribution is -0.113. The maximum atomic E-state index is 12.4. The molecule has 1 N–H and O–H groups in total. The summed E-state index contributed by atoms with van der Waals surface area (Å²) in [6.07, 6.45) is 0. The van der Waals surface area contributed by atoms with Crippen LogP contribution in [0, 0.1) is 20.8 Å². The Morgan fingerprint density at radius 2 is 1.89 bits per heavy atom. The number of carbonyl (C=O) groups is 1. The van der Waals surface area contributed by atoms with E-state index >= 15 is 0 Å². The molecule has 0 aliphatic heterocycles. The lowest BCUT2D eigenvalue weighted by atomic mass is 10.1. The summed E-state index contributed by atoms with van der Waals surface area (Å²) in [5.41, 5.74) is 5.31. The summed E-state index contributed by atoms with van der Waals surface area (Å²) in [5, 5.41) is 12.4. The highest BCUT2D eigenvalue weighted by Gasteiger charge is 2.15. The monoisotopic (exact) mass is 458 g/mol. The number of aryl methyl sites for hydroxylation is 3. The molecular formula is C21H23BrN4OS. The molecule has 0 aliphatic rings. The first-order valence-electron chi connectivity index (χ1n) is 9.08. The van der Waals surface area contributed by atoms with Gasteiger partial charge in [0.25, 0.3) is 0 Å². The molecular weight excluding hydrogens is 436 g/mol. The van der Waals surface area contributed by atoms with E-state index in [1.54, 1.807) is 0 Å². The molecule has 0 atom stereocenters. The summed E-state index contributed by atoms with van der Waals surface area (Å²) in [6, 6.07) is 12.2. The minimum Gasteiger partial charge on any atom is -0.324 e. The van der Waals surface area contributed by atoms with Crippen LogP contribution < -0.4 is 5.32 Å². The number of halogens is 1. The summed E-state index contributed by atoms with van der Waals surface area (Å²) >= 11 is 4.91. The fourth-order valence-electron chi connectivity index (χ4n) is 2.87. The lowest BCUT2D eigenvalue weighted by Gasteiger charge is -2.11. The van der Waals surface area contributed by atoms with Crippen molar-refractivity contribution < 1.29 is 4.79 Å². The summed E-state index contributed by atoms with van der Waals surface area (Å²) in [7, 11) is 0. The molecule has 146 valence electrons. The largest absolute Gasteiger partial charge is 0.324 e. The predicted molar refractivity (Wildman–Crippen MR) is 119 cm³/mol. The van der Waals surface area contributed by atoms with E-state index in [1.165, 1.54) is 22.9 Å². The van der Waals surface area contributed by atoms with Crippen molar-refractivity contribution in [3.05, 3.63) is 57.6 Å². The fourth-order valence-corrected chi connectivity index (χ4v) is 4.23. The maximum Gasteiger partial charge on any atom is 0.234 e. The Labute approximate surface area is 178 Å². The first-order chi connectivity index (χ1) is 13.4. The highest BCUT2D eigenvalue weighted by molar-refractivity contribution is 9.10. The van der Waals surface area contributed by atoms with Gasteiger partial charge in [0.05, 0.1) is 11.4 Å². The number of amides is 1. The number of rotatable bonds is 6. The molecule has 0 spiro atoms. The van der Waals surface area contributed by atoms with E-state index in [4.69, 9.17) is 0 Å². The van der Waals surface area contributed by atoms with E-state index in [0.717, 1.165) is 38.8 Å². The van der Waals surface area contributed by atoms with E-state index < -0.39 is 0 Å². The SMILES string of the molecule is CCn1c(SCC(=O)Nc2cc(C)c(C)cc2Br)nnc1-c1cccc(C)c1.